The summed E-state index contributed by atoms with van der Waals surface area (Å²) in [5.74, 6) is 1.86. The Morgan fingerprint density at radius 3 is 1.54 bits per heavy atom. The quantitative estimate of drug-likeness (QED) is 0.171. The zero-order chi connectivity index (χ0) is 37.0. The Bertz CT molecular complexity index is 3180. The van der Waals surface area contributed by atoms with Crippen LogP contribution >= 0.6 is 0 Å². The van der Waals surface area contributed by atoms with Gasteiger partial charge in [-0.2, -0.15) is 0 Å². The van der Waals surface area contributed by atoms with Crippen molar-refractivity contribution in [2.24, 2.45) is 0 Å². The summed E-state index contributed by atoms with van der Waals surface area (Å²) < 4.78 is 13.4. The van der Waals surface area contributed by atoms with Crippen molar-refractivity contribution in [2.75, 3.05) is 0 Å². The Kier molecular flexibility index (Phi) is 7.42. The summed E-state index contributed by atoms with van der Waals surface area (Å²) in [5.41, 5.74) is 12.4. The second-order valence-corrected chi connectivity index (χ2v) is 13.9. The van der Waals surface area contributed by atoms with E-state index in [1.807, 2.05) is 84.9 Å². The molecule has 262 valence electrons. The lowest BCUT2D eigenvalue weighted by Gasteiger charge is -2.11. The van der Waals surface area contributed by atoms with Crippen molar-refractivity contribution in [1.82, 2.24) is 15.0 Å². The Morgan fingerprint density at radius 1 is 0.286 bits per heavy atom. The van der Waals surface area contributed by atoms with Crippen LogP contribution in [0.25, 0.3) is 111 Å². The molecule has 3 aromatic heterocycles. The van der Waals surface area contributed by atoms with Crippen molar-refractivity contribution in [3.63, 3.8) is 0 Å². The average Bonchev–Trinajstić information content (AvgIpc) is 3.86. The monoisotopic (exact) mass is 717 g/mol. The minimum Gasteiger partial charge on any atom is -0.456 e. The molecule has 5 heteroatoms. The van der Waals surface area contributed by atoms with Gasteiger partial charge in [0.05, 0.1) is 0 Å². The van der Waals surface area contributed by atoms with Crippen LogP contribution in [0, 0.1) is 0 Å². The molecule has 0 amide bonds. The molecule has 0 aliphatic rings. The molecule has 8 aromatic carbocycles. The van der Waals surface area contributed by atoms with Gasteiger partial charge in [-0.25, -0.2) is 15.0 Å². The zero-order valence-electron chi connectivity index (χ0n) is 30.1. The second-order valence-electron chi connectivity index (χ2n) is 13.9. The first-order chi connectivity index (χ1) is 27.8. The Hall–Kier alpha value is -7.63. The third kappa shape index (κ3) is 5.29. The molecular formula is C51H31N3O2. The summed E-state index contributed by atoms with van der Waals surface area (Å²) in [4.78, 5) is 15.0. The number of fused-ring (bicyclic) bond motifs is 6. The first-order valence-corrected chi connectivity index (χ1v) is 18.7. The van der Waals surface area contributed by atoms with Crippen LogP contribution < -0.4 is 0 Å². The van der Waals surface area contributed by atoms with Gasteiger partial charge in [-0.15, -0.1) is 0 Å². The van der Waals surface area contributed by atoms with Crippen molar-refractivity contribution >= 4 is 43.9 Å². The second kappa shape index (κ2) is 13.0. The van der Waals surface area contributed by atoms with E-state index in [4.69, 9.17) is 23.8 Å². The largest absolute Gasteiger partial charge is 0.456 e. The van der Waals surface area contributed by atoms with Gasteiger partial charge in [-0.3, -0.25) is 0 Å². The van der Waals surface area contributed by atoms with Crippen LogP contribution in [0.1, 0.15) is 0 Å². The topological polar surface area (TPSA) is 65.0 Å². The van der Waals surface area contributed by atoms with Gasteiger partial charge in [-0.05, 0) is 46.5 Å². The maximum atomic E-state index is 7.10. The molecular weight excluding hydrogens is 687 g/mol. The molecule has 0 N–H and O–H groups in total. The van der Waals surface area contributed by atoms with E-state index < -0.39 is 0 Å². The number of para-hydroxylation sites is 2. The van der Waals surface area contributed by atoms with Crippen LogP contribution in [0.3, 0.4) is 0 Å². The molecule has 56 heavy (non-hydrogen) atoms. The van der Waals surface area contributed by atoms with Crippen molar-refractivity contribution in [2.45, 2.75) is 0 Å². The highest BCUT2D eigenvalue weighted by Crippen LogP contribution is 2.46. The fourth-order valence-electron chi connectivity index (χ4n) is 7.96. The minimum atomic E-state index is 0.608. The van der Waals surface area contributed by atoms with Gasteiger partial charge < -0.3 is 8.83 Å². The molecule has 0 saturated carbocycles. The SMILES string of the molecule is c1ccc(-c2nc(-c3ccccc3)nc(-c3cccc(-c4ccc(-c5ccccc5)c5oc6c(-c7cccc8oc9ccccc9c78)cccc6c45)c3)n2)cc1. The molecule has 0 fully saturated rings. The van der Waals surface area contributed by atoms with Crippen LogP contribution in [0.15, 0.2) is 197 Å². The number of nitrogens with zero attached hydrogens (tertiary/aromatic N) is 3. The maximum Gasteiger partial charge on any atom is 0.164 e. The predicted molar refractivity (Wildman–Crippen MR) is 227 cm³/mol. The highest BCUT2D eigenvalue weighted by molar-refractivity contribution is 6.21. The lowest BCUT2D eigenvalue weighted by Crippen LogP contribution is -2.00. The number of aromatic nitrogens is 3. The van der Waals surface area contributed by atoms with Gasteiger partial charge in [0, 0.05) is 49.4 Å². The number of hydrogen-bond donors (Lipinski definition) is 0. The van der Waals surface area contributed by atoms with Crippen molar-refractivity contribution in [3.8, 4) is 67.5 Å². The van der Waals surface area contributed by atoms with Gasteiger partial charge in [0.2, 0.25) is 0 Å². The lowest BCUT2D eigenvalue weighted by molar-refractivity contribution is 0.669. The summed E-state index contributed by atoms with van der Waals surface area (Å²) >= 11 is 0. The molecule has 11 aromatic rings. The summed E-state index contributed by atoms with van der Waals surface area (Å²) in [7, 11) is 0. The molecule has 11 rings (SSSR count). The van der Waals surface area contributed by atoms with Crippen molar-refractivity contribution in [3.05, 3.63) is 188 Å². The van der Waals surface area contributed by atoms with E-state index in [1.165, 1.54) is 0 Å². The van der Waals surface area contributed by atoms with E-state index in [2.05, 4.69) is 103 Å². The van der Waals surface area contributed by atoms with Crippen molar-refractivity contribution in [1.29, 1.82) is 0 Å². The third-order valence-electron chi connectivity index (χ3n) is 10.6. The van der Waals surface area contributed by atoms with Gasteiger partial charge in [-0.1, -0.05) is 164 Å². The Labute approximate surface area is 322 Å². The molecule has 3 heterocycles. The van der Waals surface area contributed by atoms with E-state index in [-0.39, 0.29) is 0 Å². The van der Waals surface area contributed by atoms with Crippen LogP contribution in [0.5, 0.6) is 0 Å². The summed E-state index contributed by atoms with van der Waals surface area (Å²) in [5, 5.41) is 4.25. The Morgan fingerprint density at radius 2 is 0.804 bits per heavy atom. The number of benzene rings is 8. The molecule has 0 aliphatic heterocycles. The third-order valence-corrected chi connectivity index (χ3v) is 10.6. The van der Waals surface area contributed by atoms with Gasteiger partial charge >= 0.3 is 0 Å². The van der Waals surface area contributed by atoms with Gasteiger partial charge in [0.25, 0.3) is 0 Å². The van der Waals surface area contributed by atoms with E-state index >= 15 is 0 Å². The van der Waals surface area contributed by atoms with Crippen molar-refractivity contribution < 1.29 is 8.83 Å². The molecule has 0 bridgehead atoms. The molecule has 0 radical (unpaired) electrons. The summed E-state index contributed by atoms with van der Waals surface area (Å²) in [6.07, 6.45) is 0. The lowest BCUT2D eigenvalue weighted by atomic mass is 9.92. The molecule has 0 spiro atoms. The van der Waals surface area contributed by atoms with Gasteiger partial charge in [0.1, 0.15) is 22.3 Å². The number of rotatable bonds is 6. The summed E-state index contributed by atoms with van der Waals surface area (Å²) in [6, 6.07) is 64.4. The van der Waals surface area contributed by atoms with Crippen LogP contribution in [0.2, 0.25) is 0 Å². The fraction of sp³-hybridized carbons (Fsp3) is 0. The smallest absolute Gasteiger partial charge is 0.164 e. The normalized spacial score (nSPS) is 11.6. The van der Waals surface area contributed by atoms with Crippen LogP contribution in [-0.2, 0) is 0 Å². The maximum absolute atomic E-state index is 7.10. The minimum absolute atomic E-state index is 0.608. The van der Waals surface area contributed by atoms with Crippen LogP contribution in [0.4, 0.5) is 0 Å². The van der Waals surface area contributed by atoms with Crippen LogP contribution in [-0.4, -0.2) is 15.0 Å². The van der Waals surface area contributed by atoms with Gasteiger partial charge in [0.15, 0.2) is 17.5 Å². The zero-order valence-corrected chi connectivity index (χ0v) is 30.1. The van der Waals surface area contributed by atoms with E-state index in [1.54, 1.807) is 0 Å². The highest BCUT2D eigenvalue weighted by Gasteiger charge is 2.22. The number of hydrogen-bond acceptors (Lipinski definition) is 5. The van der Waals surface area contributed by atoms with E-state index in [0.717, 1.165) is 93.9 Å². The number of furan rings is 2. The standard InChI is InChI=1S/C51H31N3O2/c1-4-15-32(16-5-1)38-30-29-37(35-21-12-22-36(31-35)51-53-49(33-17-6-2-7-18-33)52-50(54-51)34-19-8-3-9-20-34)46-42-26-13-25-40(47(42)56-48(38)46)39-24-14-28-44-45(39)41-23-10-11-27-43(41)55-44/h1-31H. The first kappa shape index (κ1) is 31.9. The molecule has 0 atom stereocenters. The van der Waals surface area contributed by atoms with E-state index in [0.29, 0.717) is 17.5 Å². The summed E-state index contributed by atoms with van der Waals surface area (Å²) in [6.45, 7) is 0. The molecule has 0 aliphatic carbocycles. The fourth-order valence-corrected chi connectivity index (χ4v) is 7.96. The average molecular weight is 718 g/mol. The molecule has 0 unspecified atom stereocenters. The molecule has 5 nitrogen and oxygen atoms in total. The molecule has 0 saturated heterocycles. The highest BCUT2D eigenvalue weighted by atomic mass is 16.3. The first-order valence-electron chi connectivity index (χ1n) is 18.7. The van der Waals surface area contributed by atoms with E-state index in [9.17, 15) is 0 Å². The predicted octanol–water partition coefficient (Wildman–Crippen LogP) is 13.7. The Balaban J connectivity index is 1.14.